The lowest BCUT2D eigenvalue weighted by atomic mass is 10.1. The minimum atomic E-state index is -0.356. The molecule has 1 N–H and O–H groups in total. The van der Waals surface area contributed by atoms with Crippen LogP contribution in [-0.4, -0.2) is 44.1 Å². The lowest BCUT2D eigenvalue weighted by molar-refractivity contribution is -0.117. The number of thiophene rings is 1. The average molecular weight is 391 g/mol. The summed E-state index contributed by atoms with van der Waals surface area (Å²) in [5, 5.41) is 3.51. The van der Waals surface area contributed by atoms with E-state index in [0.717, 1.165) is 16.9 Å². The lowest BCUT2D eigenvalue weighted by Gasteiger charge is -2.24. The standard InChI is InChI=1S/C20H26N2O4S/c1-6-26-20(24)19-13(2)11-18(27-19)21-17(23)12-22(4)14(3)15-7-9-16(25-5)10-8-15/h7-11,14H,6,12H2,1-5H3,(H,21,23)/t14-/m0/s1. The molecule has 0 bridgehead atoms. The van der Waals surface area contributed by atoms with E-state index in [1.54, 1.807) is 20.1 Å². The Morgan fingerprint density at radius 3 is 2.52 bits per heavy atom. The Bertz CT molecular complexity index is 786. The molecule has 0 aliphatic rings. The predicted octanol–water partition coefficient (Wildman–Crippen LogP) is 3.87. The summed E-state index contributed by atoms with van der Waals surface area (Å²) in [5.74, 6) is 0.317. The van der Waals surface area contributed by atoms with E-state index < -0.39 is 0 Å². The van der Waals surface area contributed by atoms with Gasteiger partial charge in [-0.3, -0.25) is 9.69 Å². The number of nitrogens with one attached hydrogen (secondary N) is 1. The quantitative estimate of drug-likeness (QED) is 0.693. The Kier molecular flexibility index (Phi) is 7.38. The number of aryl methyl sites for hydroxylation is 1. The number of hydrogen-bond acceptors (Lipinski definition) is 6. The van der Waals surface area contributed by atoms with E-state index in [-0.39, 0.29) is 24.5 Å². The van der Waals surface area contributed by atoms with Crippen molar-refractivity contribution < 1.29 is 19.1 Å². The van der Waals surface area contributed by atoms with Crippen LogP contribution in [-0.2, 0) is 9.53 Å². The van der Waals surface area contributed by atoms with Crippen LogP contribution in [0.25, 0.3) is 0 Å². The number of nitrogens with zero attached hydrogens (tertiary/aromatic N) is 1. The molecule has 0 aliphatic carbocycles. The molecule has 146 valence electrons. The first kappa shape index (κ1) is 20.9. The highest BCUT2D eigenvalue weighted by atomic mass is 32.1. The summed E-state index contributed by atoms with van der Waals surface area (Å²) >= 11 is 1.23. The zero-order valence-corrected chi connectivity index (χ0v) is 17.2. The predicted molar refractivity (Wildman–Crippen MR) is 108 cm³/mol. The van der Waals surface area contributed by atoms with Crippen LogP contribution in [0, 0.1) is 6.92 Å². The van der Waals surface area contributed by atoms with Crippen molar-refractivity contribution in [3.8, 4) is 5.75 Å². The molecule has 0 fully saturated rings. The molecule has 1 aromatic carbocycles. The first-order valence-corrected chi connectivity index (χ1v) is 9.59. The Hall–Kier alpha value is -2.38. The molecule has 2 rings (SSSR count). The van der Waals surface area contributed by atoms with Gasteiger partial charge in [0.25, 0.3) is 0 Å². The van der Waals surface area contributed by atoms with Crippen LogP contribution < -0.4 is 10.1 Å². The largest absolute Gasteiger partial charge is 0.497 e. The van der Waals surface area contributed by atoms with Crippen molar-refractivity contribution in [2.45, 2.75) is 26.8 Å². The first-order valence-electron chi connectivity index (χ1n) is 8.77. The molecule has 0 saturated carbocycles. The fourth-order valence-corrected chi connectivity index (χ4v) is 3.60. The van der Waals surface area contributed by atoms with Gasteiger partial charge in [0, 0.05) is 6.04 Å². The maximum Gasteiger partial charge on any atom is 0.348 e. The number of amides is 1. The van der Waals surface area contributed by atoms with Gasteiger partial charge < -0.3 is 14.8 Å². The van der Waals surface area contributed by atoms with Crippen LogP contribution in [0.3, 0.4) is 0 Å². The van der Waals surface area contributed by atoms with Gasteiger partial charge in [0.05, 0.1) is 25.3 Å². The second kappa shape index (κ2) is 9.53. The van der Waals surface area contributed by atoms with Gasteiger partial charge in [-0.25, -0.2) is 4.79 Å². The molecule has 0 spiro atoms. The Labute approximate surface area is 164 Å². The smallest absolute Gasteiger partial charge is 0.348 e. The van der Waals surface area contributed by atoms with E-state index >= 15 is 0 Å². The van der Waals surface area contributed by atoms with E-state index in [9.17, 15) is 9.59 Å². The minimum absolute atomic E-state index is 0.0711. The van der Waals surface area contributed by atoms with Crippen molar-refractivity contribution in [2.24, 2.45) is 0 Å². The monoisotopic (exact) mass is 390 g/mol. The van der Waals surface area contributed by atoms with E-state index in [4.69, 9.17) is 9.47 Å². The van der Waals surface area contributed by atoms with Gasteiger partial charge in [0.1, 0.15) is 10.6 Å². The summed E-state index contributed by atoms with van der Waals surface area (Å²) in [6, 6.07) is 9.66. The number of likely N-dealkylation sites (N-methyl/N-ethyl adjacent to an activating group) is 1. The molecule has 1 heterocycles. The highest BCUT2D eigenvalue weighted by molar-refractivity contribution is 7.18. The van der Waals surface area contributed by atoms with E-state index in [0.29, 0.717) is 16.5 Å². The van der Waals surface area contributed by atoms with E-state index in [2.05, 4.69) is 5.32 Å². The molecule has 7 heteroatoms. The van der Waals surface area contributed by atoms with Gasteiger partial charge in [-0.2, -0.15) is 0 Å². The van der Waals surface area contributed by atoms with Crippen LogP contribution in [0.15, 0.2) is 30.3 Å². The normalized spacial score (nSPS) is 11.9. The third-order valence-corrected chi connectivity index (χ3v) is 5.43. The van der Waals surface area contributed by atoms with E-state index in [1.165, 1.54) is 11.3 Å². The molecule has 2 aromatic rings. The van der Waals surface area contributed by atoms with E-state index in [1.807, 2.05) is 50.1 Å². The molecule has 0 saturated heterocycles. The Balaban J connectivity index is 1.96. The number of carbonyl (C=O) groups is 2. The van der Waals surface area contributed by atoms with Gasteiger partial charge in [-0.05, 0) is 57.1 Å². The number of rotatable bonds is 8. The fourth-order valence-electron chi connectivity index (χ4n) is 2.62. The number of hydrogen-bond donors (Lipinski definition) is 1. The molecule has 0 unspecified atom stereocenters. The number of ether oxygens (including phenoxy) is 2. The maximum absolute atomic E-state index is 12.4. The fraction of sp³-hybridized carbons (Fsp3) is 0.400. The SMILES string of the molecule is CCOC(=O)c1sc(NC(=O)CN(C)[C@@H](C)c2ccc(OC)cc2)cc1C. The molecule has 0 radical (unpaired) electrons. The van der Waals surface area contributed by atoms with Crippen LogP contribution in [0.1, 0.15) is 40.7 Å². The number of benzene rings is 1. The number of anilines is 1. The van der Waals surface area contributed by atoms with Gasteiger partial charge in [-0.1, -0.05) is 12.1 Å². The second-order valence-electron chi connectivity index (χ2n) is 6.26. The van der Waals surface area contributed by atoms with Crippen molar-refractivity contribution in [3.63, 3.8) is 0 Å². The van der Waals surface area contributed by atoms with Crippen LogP contribution in [0.4, 0.5) is 5.00 Å². The molecule has 6 nitrogen and oxygen atoms in total. The van der Waals surface area contributed by atoms with Crippen molar-refractivity contribution in [2.75, 3.05) is 32.6 Å². The van der Waals surface area contributed by atoms with Crippen LogP contribution >= 0.6 is 11.3 Å². The molecular weight excluding hydrogens is 364 g/mol. The van der Waals surface area contributed by atoms with Crippen molar-refractivity contribution in [1.82, 2.24) is 4.90 Å². The molecule has 0 aliphatic heterocycles. The molecular formula is C20H26N2O4S. The summed E-state index contributed by atoms with van der Waals surface area (Å²) in [7, 11) is 3.53. The van der Waals surface area contributed by atoms with Crippen molar-refractivity contribution in [1.29, 1.82) is 0 Å². The number of esters is 1. The first-order chi connectivity index (χ1) is 12.8. The summed E-state index contributed by atoms with van der Waals surface area (Å²) in [5.41, 5.74) is 1.90. The third kappa shape index (κ3) is 5.55. The lowest BCUT2D eigenvalue weighted by Crippen LogP contribution is -2.32. The Morgan fingerprint density at radius 1 is 1.26 bits per heavy atom. The highest BCUT2D eigenvalue weighted by Gasteiger charge is 2.18. The van der Waals surface area contributed by atoms with Gasteiger partial charge in [0.15, 0.2) is 0 Å². The van der Waals surface area contributed by atoms with Gasteiger partial charge in [-0.15, -0.1) is 11.3 Å². The summed E-state index contributed by atoms with van der Waals surface area (Å²) < 4.78 is 10.2. The summed E-state index contributed by atoms with van der Waals surface area (Å²) in [6.45, 7) is 6.20. The third-order valence-electron chi connectivity index (χ3n) is 4.29. The summed E-state index contributed by atoms with van der Waals surface area (Å²) in [4.78, 5) is 26.8. The maximum atomic E-state index is 12.4. The van der Waals surface area contributed by atoms with Crippen LogP contribution in [0.2, 0.25) is 0 Å². The second-order valence-corrected chi connectivity index (χ2v) is 7.31. The number of carbonyl (C=O) groups excluding carboxylic acids is 2. The topological polar surface area (TPSA) is 67.9 Å². The zero-order valence-electron chi connectivity index (χ0n) is 16.4. The van der Waals surface area contributed by atoms with Crippen molar-refractivity contribution in [3.05, 3.63) is 46.3 Å². The molecule has 27 heavy (non-hydrogen) atoms. The highest BCUT2D eigenvalue weighted by Crippen LogP contribution is 2.27. The zero-order chi connectivity index (χ0) is 20.0. The number of methoxy groups -OCH3 is 1. The average Bonchev–Trinajstić information content (AvgIpc) is 3.01. The molecule has 1 amide bonds. The van der Waals surface area contributed by atoms with Crippen LogP contribution in [0.5, 0.6) is 5.75 Å². The molecule has 1 atom stereocenters. The van der Waals surface area contributed by atoms with Crippen molar-refractivity contribution >= 4 is 28.2 Å². The Morgan fingerprint density at radius 2 is 1.93 bits per heavy atom. The molecule has 1 aromatic heterocycles. The van der Waals surface area contributed by atoms with Gasteiger partial charge in [0.2, 0.25) is 5.91 Å². The van der Waals surface area contributed by atoms with Gasteiger partial charge >= 0.3 is 5.97 Å². The minimum Gasteiger partial charge on any atom is -0.497 e. The summed E-state index contributed by atoms with van der Waals surface area (Å²) in [6.07, 6.45) is 0.